The van der Waals surface area contributed by atoms with E-state index in [0.717, 1.165) is 23.1 Å². The fourth-order valence-corrected chi connectivity index (χ4v) is 2.22. The number of benzene rings is 1. The molecule has 1 saturated heterocycles. The van der Waals surface area contributed by atoms with Crippen LogP contribution >= 0.6 is 22.6 Å². The molecule has 1 amide bonds. The molecule has 3 N–H and O–H groups in total. The van der Waals surface area contributed by atoms with Gasteiger partial charge in [-0.15, -0.1) is 0 Å². The minimum atomic E-state index is -0.204. The summed E-state index contributed by atoms with van der Waals surface area (Å²) < 4.78 is 0.935. The molecule has 86 valence electrons. The molecule has 16 heavy (non-hydrogen) atoms. The zero-order chi connectivity index (χ0) is 11.5. The van der Waals surface area contributed by atoms with Crippen molar-refractivity contribution in [1.82, 2.24) is 10.6 Å². The van der Waals surface area contributed by atoms with Gasteiger partial charge in [0.15, 0.2) is 0 Å². The summed E-state index contributed by atoms with van der Waals surface area (Å²) in [6, 6.07) is 5.17. The summed E-state index contributed by atoms with van der Waals surface area (Å²) in [4.78, 5) is 11.9. The maximum Gasteiger partial charge on any atom is 0.255 e. The second-order valence-corrected chi connectivity index (χ2v) is 5.07. The van der Waals surface area contributed by atoms with Gasteiger partial charge in [-0.3, -0.25) is 4.79 Å². The lowest BCUT2D eigenvalue weighted by atomic mass is 10.1. The monoisotopic (exact) mass is 332 g/mol. The van der Waals surface area contributed by atoms with Crippen LogP contribution in [0.2, 0.25) is 0 Å². The number of hydrogen-bond acceptors (Lipinski definition) is 3. The molecule has 0 aliphatic carbocycles. The molecule has 0 radical (unpaired) electrons. The van der Waals surface area contributed by atoms with E-state index >= 15 is 0 Å². The van der Waals surface area contributed by atoms with Crippen LogP contribution in [0.25, 0.3) is 0 Å². The Labute approximate surface area is 108 Å². The molecule has 1 aliphatic heterocycles. The summed E-state index contributed by atoms with van der Waals surface area (Å²) in [5.41, 5.74) is 0.346. The molecule has 5 heteroatoms. The van der Waals surface area contributed by atoms with Crippen molar-refractivity contribution in [1.29, 1.82) is 0 Å². The zero-order valence-electron chi connectivity index (χ0n) is 8.66. The van der Waals surface area contributed by atoms with Gasteiger partial charge in [-0.1, -0.05) is 0 Å². The first-order valence-electron chi connectivity index (χ1n) is 5.17. The summed E-state index contributed by atoms with van der Waals surface area (Å²) in [5.74, 6) is -0.173. The number of halogens is 1. The van der Waals surface area contributed by atoms with Crippen molar-refractivity contribution in [3.05, 3.63) is 27.3 Å². The molecule has 1 aliphatic rings. The number of rotatable bonds is 2. The molecule has 0 saturated carbocycles. The van der Waals surface area contributed by atoms with Gasteiger partial charge in [-0.2, -0.15) is 0 Å². The average Bonchev–Trinajstić information content (AvgIpc) is 2.74. The number of nitrogens with one attached hydrogen (secondary N) is 2. The first kappa shape index (κ1) is 11.7. The first-order valence-corrected chi connectivity index (χ1v) is 6.25. The summed E-state index contributed by atoms with van der Waals surface area (Å²) in [6.45, 7) is 1.74. The van der Waals surface area contributed by atoms with Gasteiger partial charge in [-0.25, -0.2) is 0 Å². The summed E-state index contributed by atoms with van der Waals surface area (Å²) in [7, 11) is 0. The van der Waals surface area contributed by atoms with E-state index in [1.807, 2.05) is 0 Å². The molecule has 1 fully saturated rings. The van der Waals surface area contributed by atoms with Crippen LogP contribution in [0.15, 0.2) is 18.2 Å². The van der Waals surface area contributed by atoms with E-state index in [2.05, 4.69) is 33.2 Å². The standard InChI is InChI=1S/C11H13IN2O2/c12-7-1-2-10(15)9(5-7)11(16)14-8-3-4-13-6-8/h1-2,5,8,13,15H,3-4,6H2,(H,14,16)/t8-/m0/s1. The Morgan fingerprint density at radius 3 is 3.06 bits per heavy atom. The van der Waals surface area contributed by atoms with Gasteiger partial charge >= 0.3 is 0 Å². The normalized spacial score (nSPS) is 19.7. The second kappa shape index (κ2) is 5.01. The summed E-state index contributed by atoms with van der Waals surface area (Å²) >= 11 is 2.12. The number of phenols is 1. The van der Waals surface area contributed by atoms with Crippen LogP contribution in [-0.2, 0) is 0 Å². The Bertz CT molecular complexity index is 403. The molecule has 4 nitrogen and oxygen atoms in total. The van der Waals surface area contributed by atoms with Crippen molar-refractivity contribution in [2.75, 3.05) is 13.1 Å². The van der Waals surface area contributed by atoms with Crippen molar-refractivity contribution in [2.45, 2.75) is 12.5 Å². The molecule has 1 heterocycles. The minimum Gasteiger partial charge on any atom is -0.507 e. The van der Waals surface area contributed by atoms with E-state index in [0.29, 0.717) is 5.56 Å². The Balaban J connectivity index is 2.10. The molecule has 0 bridgehead atoms. The highest BCUT2D eigenvalue weighted by Gasteiger charge is 2.19. The largest absolute Gasteiger partial charge is 0.507 e. The van der Waals surface area contributed by atoms with E-state index in [4.69, 9.17) is 0 Å². The van der Waals surface area contributed by atoms with Crippen molar-refractivity contribution >= 4 is 28.5 Å². The molecule has 1 aromatic rings. The third-order valence-corrected chi connectivity index (χ3v) is 3.27. The van der Waals surface area contributed by atoms with E-state index in [-0.39, 0.29) is 17.7 Å². The lowest BCUT2D eigenvalue weighted by Crippen LogP contribution is -2.36. The highest BCUT2D eigenvalue weighted by atomic mass is 127. The quantitative estimate of drug-likeness (QED) is 0.711. The maximum absolute atomic E-state index is 11.9. The minimum absolute atomic E-state index is 0.0314. The lowest BCUT2D eigenvalue weighted by Gasteiger charge is -2.12. The molecule has 1 atom stereocenters. The molecule has 0 aromatic heterocycles. The fraction of sp³-hybridized carbons (Fsp3) is 0.364. The van der Waals surface area contributed by atoms with Gasteiger partial charge in [0.2, 0.25) is 0 Å². The Kier molecular flexibility index (Phi) is 3.65. The third kappa shape index (κ3) is 2.65. The van der Waals surface area contributed by atoms with E-state index in [1.165, 1.54) is 0 Å². The number of hydrogen-bond donors (Lipinski definition) is 3. The summed E-state index contributed by atoms with van der Waals surface area (Å²) in [5, 5.41) is 15.7. The van der Waals surface area contributed by atoms with E-state index < -0.39 is 0 Å². The topological polar surface area (TPSA) is 61.4 Å². The van der Waals surface area contributed by atoms with E-state index in [9.17, 15) is 9.90 Å². The Morgan fingerprint density at radius 2 is 2.38 bits per heavy atom. The average molecular weight is 332 g/mol. The van der Waals surface area contributed by atoms with Crippen LogP contribution in [0.5, 0.6) is 5.75 Å². The third-order valence-electron chi connectivity index (χ3n) is 2.60. The van der Waals surface area contributed by atoms with Crippen LogP contribution in [0.4, 0.5) is 0 Å². The number of amides is 1. The predicted octanol–water partition coefficient (Wildman–Crippen LogP) is 1.09. The van der Waals surface area contributed by atoms with Gasteiger partial charge in [0.05, 0.1) is 5.56 Å². The van der Waals surface area contributed by atoms with Crippen LogP contribution in [0, 0.1) is 3.57 Å². The van der Waals surface area contributed by atoms with Gasteiger partial charge in [0.1, 0.15) is 5.75 Å². The lowest BCUT2D eigenvalue weighted by molar-refractivity contribution is 0.0937. The molecule has 1 aromatic carbocycles. The fourth-order valence-electron chi connectivity index (χ4n) is 1.73. The SMILES string of the molecule is O=C(N[C@H]1CCNC1)c1cc(I)ccc1O. The molecule has 0 unspecified atom stereocenters. The smallest absolute Gasteiger partial charge is 0.255 e. The number of aromatic hydroxyl groups is 1. The van der Waals surface area contributed by atoms with Gasteiger partial charge in [0.25, 0.3) is 5.91 Å². The Hall–Kier alpha value is -0.820. The van der Waals surface area contributed by atoms with Crippen molar-refractivity contribution < 1.29 is 9.90 Å². The van der Waals surface area contributed by atoms with Crippen molar-refractivity contribution in [3.63, 3.8) is 0 Å². The van der Waals surface area contributed by atoms with E-state index in [1.54, 1.807) is 18.2 Å². The van der Waals surface area contributed by atoms with Crippen LogP contribution < -0.4 is 10.6 Å². The molecular weight excluding hydrogens is 319 g/mol. The maximum atomic E-state index is 11.9. The zero-order valence-corrected chi connectivity index (χ0v) is 10.8. The Morgan fingerprint density at radius 1 is 1.56 bits per heavy atom. The van der Waals surface area contributed by atoms with Crippen molar-refractivity contribution in [2.24, 2.45) is 0 Å². The highest BCUT2D eigenvalue weighted by Crippen LogP contribution is 2.19. The number of carbonyl (C=O) groups is 1. The van der Waals surface area contributed by atoms with Crippen LogP contribution in [0.3, 0.4) is 0 Å². The summed E-state index contributed by atoms with van der Waals surface area (Å²) in [6.07, 6.45) is 0.941. The second-order valence-electron chi connectivity index (χ2n) is 3.82. The van der Waals surface area contributed by atoms with Gasteiger partial charge < -0.3 is 15.7 Å². The molecular formula is C11H13IN2O2. The van der Waals surface area contributed by atoms with Crippen LogP contribution in [0.1, 0.15) is 16.8 Å². The first-order chi connectivity index (χ1) is 7.66. The van der Waals surface area contributed by atoms with Gasteiger partial charge in [-0.05, 0) is 53.8 Å². The van der Waals surface area contributed by atoms with Crippen LogP contribution in [-0.4, -0.2) is 30.1 Å². The predicted molar refractivity (Wildman–Crippen MR) is 69.6 cm³/mol. The number of phenolic OH excluding ortho intramolecular Hbond substituents is 1. The van der Waals surface area contributed by atoms with Crippen molar-refractivity contribution in [3.8, 4) is 5.75 Å². The molecule has 0 spiro atoms. The van der Waals surface area contributed by atoms with Gasteiger partial charge in [0, 0.05) is 16.2 Å². The number of carbonyl (C=O) groups excluding carboxylic acids is 1. The molecule has 2 rings (SSSR count). The highest BCUT2D eigenvalue weighted by molar-refractivity contribution is 14.1.